The summed E-state index contributed by atoms with van der Waals surface area (Å²) in [5.74, 6) is -0.755. The Balaban J connectivity index is 2.06. The average molecular weight is 290 g/mol. The molecule has 1 aliphatic heterocycles. The summed E-state index contributed by atoms with van der Waals surface area (Å²) in [7, 11) is 0. The van der Waals surface area contributed by atoms with Crippen molar-refractivity contribution < 1.29 is 19.1 Å². The molecule has 1 aliphatic rings. The van der Waals surface area contributed by atoms with Crippen molar-refractivity contribution in [3.05, 3.63) is 35.4 Å². The van der Waals surface area contributed by atoms with Gasteiger partial charge in [-0.3, -0.25) is 4.79 Å². The van der Waals surface area contributed by atoms with Gasteiger partial charge < -0.3 is 9.47 Å². The van der Waals surface area contributed by atoms with Gasteiger partial charge in [0.1, 0.15) is 0 Å². The molecule has 0 N–H and O–H groups in total. The lowest BCUT2D eigenvalue weighted by molar-refractivity contribution is -0.164. The molecule has 1 saturated heterocycles. The topological polar surface area (TPSA) is 52.6 Å². The highest BCUT2D eigenvalue weighted by atomic mass is 16.6. The minimum atomic E-state index is -0.782. The van der Waals surface area contributed by atoms with Gasteiger partial charge in [-0.05, 0) is 32.3 Å². The Morgan fingerprint density at radius 2 is 2.05 bits per heavy atom. The van der Waals surface area contributed by atoms with Gasteiger partial charge >= 0.3 is 11.9 Å². The lowest BCUT2D eigenvalue weighted by atomic mass is 9.78. The number of carbonyl (C=O) groups excluding carboxylic acids is 2. The van der Waals surface area contributed by atoms with Crippen LogP contribution in [0.15, 0.2) is 24.3 Å². The van der Waals surface area contributed by atoms with Crippen LogP contribution in [0.25, 0.3) is 0 Å². The standard InChI is InChI=1S/C17H22O4/c1-4-20-16(19)15-17(3,11-14(18)21-15)10-9-13-7-5-12(2)6-8-13/h5-8,15H,4,9-11H2,1-3H3. The first-order chi connectivity index (χ1) is 9.94. The zero-order valence-corrected chi connectivity index (χ0v) is 12.8. The molecule has 0 saturated carbocycles. The summed E-state index contributed by atoms with van der Waals surface area (Å²) < 4.78 is 10.2. The molecule has 1 fully saturated rings. The molecule has 1 aromatic rings. The number of cyclic esters (lactones) is 1. The number of rotatable bonds is 5. The van der Waals surface area contributed by atoms with Crippen molar-refractivity contribution >= 4 is 11.9 Å². The predicted molar refractivity (Wildman–Crippen MR) is 78.7 cm³/mol. The first kappa shape index (κ1) is 15.5. The smallest absolute Gasteiger partial charge is 0.348 e. The second kappa shape index (κ2) is 6.29. The van der Waals surface area contributed by atoms with Gasteiger partial charge in [0.15, 0.2) is 0 Å². The minimum Gasteiger partial charge on any atom is -0.463 e. The van der Waals surface area contributed by atoms with Crippen LogP contribution < -0.4 is 0 Å². The predicted octanol–water partition coefficient (Wildman–Crippen LogP) is 2.81. The van der Waals surface area contributed by atoms with E-state index >= 15 is 0 Å². The van der Waals surface area contributed by atoms with Crippen LogP contribution in [0.5, 0.6) is 0 Å². The van der Waals surface area contributed by atoms with E-state index in [-0.39, 0.29) is 12.4 Å². The molecule has 2 atom stereocenters. The molecule has 1 aromatic carbocycles. The Bertz CT molecular complexity index is 520. The molecule has 21 heavy (non-hydrogen) atoms. The van der Waals surface area contributed by atoms with Gasteiger partial charge in [-0.1, -0.05) is 36.8 Å². The third-order valence-electron chi connectivity index (χ3n) is 4.04. The molecule has 0 spiro atoms. The van der Waals surface area contributed by atoms with Crippen LogP contribution >= 0.6 is 0 Å². The molecule has 4 heteroatoms. The first-order valence-corrected chi connectivity index (χ1v) is 7.36. The van der Waals surface area contributed by atoms with E-state index in [1.165, 1.54) is 11.1 Å². The molecule has 0 aliphatic carbocycles. The zero-order chi connectivity index (χ0) is 15.5. The van der Waals surface area contributed by atoms with Crippen molar-refractivity contribution in [3.8, 4) is 0 Å². The summed E-state index contributed by atoms with van der Waals surface area (Å²) in [6, 6.07) is 8.29. The van der Waals surface area contributed by atoms with Crippen molar-refractivity contribution in [2.45, 2.75) is 46.1 Å². The second-order valence-corrected chi connectivity index (χ2v) is 5.94. The first-order valence-electron chi connectivity index (χ1n) is 7.36. The Kier molecular flexibility index (Phi) is 4.66. The average Bonchev–Trinajstić information content (AvgIpc) is 2.74. The number of carbonyl (C=O) groups is 2. The van der Waals surface area contributed by atoms with E-state index in [2.05, 4.69) is 24.3 Å². The lowest BCUT2D eigenvalue weighted by Crippen LogP contribution is -2.37. The van der Waals surface area contributed by atoms with E-state index in [1.807, 2.05) is 13.8 Å². The Morgan fingerprint density at radius 1 is 1.38 bits per heavy atom. The molecule has 0 aromatic heterocycles. The molecule has 2 unspecified atom stereocenters. The van der Waals surface area contributed by atoms with Gasteiger partial charge in [0.2, 0.25) is 6.10 Å². The fraction of sp³-hybridized carbons (Fsp3) is 0.529. The molecule has 114 valence electrons. The Hall–Kier alpha value is -1.84. The Labute approximate surface area is 125 Å². The number of aryl methyl sites for hydroxylation is 2. The summed E-state index contributed by atoms with van der Waals surface area (Å²) in [4.78, 5) is 23.6. The van der Waals surface area contributed by atoms with Crippen LogP contribution in [-0.2, 0) is 25.5 Å². The molecule has 0 bridgehead atoms. The van der Waals surface area contributed by atoms with Crippen molar-refractivity contribution in [1.29, 1.82) is 0 Å². The molecule has 0 amide bonds. The summed E-state index contributed by atoms with van der Waals surface area (Å²) in [5.41, 5.74) is 1.92. The number of hydrogen-bond donors (Lipinski definition) is 0. The number of benzene rings is 1. The van der Waals surface area contributed by atoms with E-state index in [9.17, 15) is 9.59 Å². The van der Waals surface area contributed by atoms with E-state index in [0.29, 0.717) is 13.0 Å². The lowest BCUT2D eigenvalue weighted by Gasteiger charge is -2.26. The van der Waals surface area contributed by atoms with Gasteiger partial charge in [-0.2, -0.15) is 0 Å². The van der Waals surface area contributed by atoms with Crippen LogP contribution in [-0.4, -0.2) is 24.6 Å². The Morgan fingerprint density at radius 3 is 2.67 bits per heavy atom. The SMILES string of the molecule is CCOC(=O)C1OC(=O)CC1(C)CCc1ccc(C)cc1. The van der Waals surface area contributed by atoms with E-state index in [1.54, 1.807) is 6.92 Å². The van der Waals surface area contributed by atoms with E-state index in [0.717, 1.165) is 6.42 Å². The molecule has 4 nitrogen and oxygen atoms in total. The number of esters is 2. The van der Waals surface area contributed by atoms with Gasteiger partial charge in [-0.15, -0.1) is 0 Å². The van der Waals surface area contributed by atoms with Crippen molar-refractivity contribution in [2.75, 3.05) is 6.61 Å². The third-order valence-corrected chi connectivity index (χ3v) is 4.04. The number of ether oxygens (including phenoxy) is 2. The van der Waals surface area contributed by atoms with Crippen molar-refractivity contribution in [1.82, 2.24) is 0 Å². The highest BCUT2D eigenvalue weighted by Crippen LogP contribution is 2.40. The van der Waals surface area contributed by atoms with Crippen LogP contribution in [0.1, 0.15) is 37.8 Å². The minimum absolute atomic E-state index is 0.266. The molecule has 1 heterocycles. The van der Waals surface area contributed by atoms with Gasteiger partial charge in [0.25, 0.3) is 0 Å². The fourth-order valence-corrected chi connectivity index (χ4v) is 2.69. The summed E-state index contributed by atoms with van der Waals surface area (Å²) in [6.07, 6.45) is 1.01. The van der Waals surface area contributed by atoms with Crippen LogP contribution in [0, 0.1) is 12.3 Å². The fourth-order valence-electron chi connectivity index (χ4n) is 2.69. The maximum Gasteiger partial charge on any atom is 0.348 e. The molecular weight excluding hydrogens is 268 g/mol. The van der Waals surface area contributed by atoms with Crippen LogP contribution in [0.2, 0.25) is 0 Å². The normalized spacial score (nSPS) is 24.7. The zero-order valence-electron chi connectivity index (χ0n) is 12.8. The summed E-state index contributed by atoms with van der Waals surface area (Å²) in [6.45, 7) is 6.01. The third kappa shape index (κ3) is 3.63. The van der Waals surface area contributed by atoms with Gasteiger partial charge in [-0.25, -0.2) is 4.79 Å². The van der Waals surface area contributed by atoms with E-state index in [4.69, 9.17) is 9.47 Å². The maximum absolute atomic E-state index is 12.0. The summed E-state index contributed by atoms with van der Waals surface area (Å²) in [5, 5.41) is 0. The summed E-state index contributed by atoms with van der Waals surface area (Å²) >= 11 is 0. The van der Waals surface area contributed by atoms with E-state index < -0.39 is 17.5 Å². The highest BCUT2D eigenvalue weighted by molar-refractivity contribution is 5.84. The monoisotopic (exact) mass is 290 g/mol. The highest BCUT2D eigenvalue weighted by Gasteiger charge is 2.49. The van der Waals surface area contributed by atoms with Crippen molar-refractivity contribution in [3.63, 3.8) is 0 Å². The number of hydrogen-bond acceptors (Lipinski definition) is 4. The van der Waals surface area contributed by atoms with Gasteiger partial charge in [0.05, 0.1) is 13.0 Å². The molecule has 0 radical (unpaired) electrons. The quantitative estimate of drug-likeness (QED) is 0.782. The largest absolute Gasteiger partial charge is 0.463 e. The molecular formula is C17H22O4. The molecule has 2 rings (SSSR count). The van der Waals surface area contributed by atoms with Gasteiger partial charge in [0, 0.05) is 5.41 Å². The second-order valence-electron chi connectivity index (χ2n) is 5.94. The van der Waals surface area contributed by atoms with Crippen LogP contribution in [0.3, 0.4) is 0 Å². The van der Waals surface area contributed by atoms with Crippen LogP contribution in [0.4, 0.5) is 0 Å². The maximum atomic E-state index is 12.0. The van der Waals surface area contributed by atoms with Crippen molar-refractivity contribution in [2.24, 2.45) is 5.41 Å².